The van der Waals surface area contributed by atoms with Gasteiger partial charge in [-0.25, -0.2) is 4.79 Å². The maximum atomic E-state index is 12.2. The van der Waals surface area contributed by atoms with Crippen molar-refractivity contribution in [3.63, 3.8) is 0 Å². The molecule has 20 heavy (non-hydrogen) atoms. The molecule has 1 aliphatic rings. The molecule has 3 heteroatoms. The molecule has 0 spiro atoms. The summed E-state index contributed by atoms with van der Waals surface area (Å²) in [6.07, 6.45) is 5.64. The summed E-state index contributed by atoms with van der Waals surface area (Å²) in [4.78, 5) is 12.2. The molecule has 0 bridgehead atoms. The van der Waals surface area contributed by atoms with E-state index < -0.39 is 0 Å². The summed E-state index contributed by atoms with van der Waals surface area (Å²) in [6.45, 7) is 6.42. The number of benzene rings is 1. The largest absolute Gasteiger partial charge is 0.335 e. The Balaban J connectivity index is 1.98. The van der Waals surface area contributed by atoms with Crippen LogP contribution in [0, 0.1) is 12.8 Å². The molecule has 1 fully saturated rings. The van der Waals surface area contributed by atoms with Crippen molar-refractivity contribution in [3.05, 3.63) is 29.3 Å². The van der Waals surface area contributed by atoms with E-state index in [2.05, 4.69) is 30.5 Å². The van der Waals surface area contributed by atoms with Gasteiger partial charge in [-0.15, -0.1) is 0 Å². The van der Waals surface area contributed by atoms with Gasteiger partial charge in [-0.3, -0.25) is 0 Å². The number of aryl methyl sites for hydroxylation is 2. The van der Waals surface area contributed by atoms with Crippen LogP contribution in [0.3, 0.4) is 0 Å². The van der Waals surface area contributed by atoms with E-state index in [9.17, 15) is 4.79 Å². The number of anilines is 1. The molecule has 0 heterocycles. The second-order valence-corrected chi connectivity index (χ2v) is 6.03. The second-order valence-electron chi connectivity index (χ2n) is 6.03. The van der Waals surface area contributed by atoms with E-state index in [1.54, 1.807) is 0 Å². The van der Waals surface area contributed by atoms with Crippen molar-refractivity contribution in [2.45, 2.75) is 58.9 Å². The van der Waals surface area contributed by atoms with Crippen LogP contribution in [-0.4, -0.2) is 12.1 Å². The molecule has 0 unspecified atom stereocenters. The molecule has 1 aliphatic carbocycles. The van der Waals surface area contributed by atoms with Crippen molar-refractivity contribution in [3.8, 4) is 0 Å². The highest BCUT2D eigenvalue weighted by molar-refractivity contribution is 5.91. The zero-order valence-corrected chi connectivity index (χ0v) is 12.8. The first-order valence-corrected chi connectivity index (χ1v) is 7.76. The fourth-order valence-electron chi connectivity index (χ4n) is 3.10. The molecule has 0 aliphatic heterocycles. The number of hydrogen-bond donors (Lipinski definition) is 2. The molecule has 0 saturated heterocycles. The van der Waals surface area contributed by atoms with E-state index in [1.165, 1.54) is 18.4 Å². The molecule has 2 N–H and O–H groups in total. The van der Waals surface area contributed by atoms with Gasteiger partial charge in [0.2, 0.25) is 0 Å². The van der Waals surface area contributed by atoms with Gasteiger partial charge in [0, 0.05) is 11.7 Å². The van der Waals surface area contributed by atoms with Crippen LogP contribution < -0.4 is 10.6 Å². The van der Waals surface area contributed by atoms with Crippen molar-refractivity contribution in [1.82, 2.24) is 5.32 Å². The SMILES string of the molecule is CCc1cccc(C)c1NC(=O)N[C@@H]1CCC[C@@H](C)C1. The number of rotatable bonds is 3. The Morgan fingerprint density at radius 3 is 2.85 bits per heavy atom. The average molecular weight is 274 g/mol. The topological polar surface area (TPSA) is 41.1 Å². The maximum Gasteiger partial charge on any atom is 0.319 e. The maximum absolute atomic E-state index is 12.2. The van der Waals surface area contributed by atoms with Gasteiger partial charge in [0.15, 0.2) is 0 Å². The third-order valence-electron chi connectivity index (χ3n) is 4.25. The van der Waals surface area contributed by atoms with Gasteiger partial charge in [-0.1, -0.05) is 44.9 Å². The molecule has 2 amide bonds. The first kappa shape index (κ1) is 14.9. The van der Waals surface area contributed by atoms with Crippen LogP contribution in [-0.2, 0) is 6.42 Å². The minimum Gasteiger partial charge on any atom is -0.335 e. The third kappa shape index (κ3) is 3.75. The van der Waals surface area contributed by atoms with Gasteiger partial charge in [0.1, 0.15) is 0 Å². The van der Waals surface area contributed by atoms with Crippen molar-refractivity contribution < 1.29 is 4.79 Å². The van der Waals surface area contributed by atoms with Crippen LogP contribution in [0.2, 0.25) is 0 Å². The summed E-state index contributed by atoms with van der Waals surface area (Å²) >= 11 is 0. The van der Waals surface area contributed by atoms with Gasteiger partial charge in [-0.2, -0.15) is 0 Å². The summed E-state index contributed by atoms with van der Waals surface area (Å²) in [6, 6.07) is 6.42. The minimum atomic E-state index is -0.0619. The standard InChI is InChI=1S/C17H26N2O/c1-4-14-9-6-8-13(3)16(14)19-17(20)18-15-10-5-7-12(2)11-15/h6,8-9,12,15H,4-5,7,10-11H2,1-3H3,(H2,18,19,20)/t12-,15-/m1/s1. The lowest BCUT2D eigenvalue weighted by atomic mass is 9.87. The minimum absolute atomic E-state index is 0.0619. The molecule has 1 saturated carbocycles. The van der Waals surface area contributed by atoms with Crippen molar-refractivity contribution in [1.29, 1.82) is 0 Å². The van der Waals surface area contributed by atoms with E-state index in [0.29, 0.717) is 6.04 Å². The molecule has 1 aromatic rings. The van der Waals surface area contributed by atoms with Crippen LogP contribution in [0.1, 0.15) is 50.7 Å². The Morgan fingerprint density at radius 2 is 2.15 bits per heavy atom. The first-order valence-electron chi connectivity index (χ1n) is 7.76. The Labute approximate surface area is 122 Å². The van der Waals surface area contributed by atoms with E-state index in [1.807, 2.05) is 19.1 Å². The summed E-state index contributed by atoms with van der Waals surface area (Å²) in [5, 5.41) is 6.17. The van der Waals surface area contributed by atoms with Crippen molar-refractivity contribution in [2.24, 2.45) is 5.92 Å². The smallest absolute Gasteiger partial charge is 0.319 e. The zero-order valence-electron chi connectivity index (χ0n) is 12.8. The first-order chi connectivity index (χ1) is 9.60. The third-order valence-corrected chi connectivity index (χ3v) is 4.25. The Hall–Kier alpha value is -1.51. The summed E-state index contributed by atoms with van der Waals surface area (Å²) in [7, 11) is 0. The highest BCUT2D eigenvalue weighted by Gasteiger charge is 2.20. The lowest BCUT2D eigenvalue weighted by Crippen LogP contribution is -2.40. The number of carbonyl (C=O) groups is 1. The molecule has 3 nitrogen and oxygen atoms in total. The molecular formula is C17H26N2O. The van der Waals surface area contributed by atoms with Crippen LogP contribution in [0.5, 0.6) is 0 Å². The van der Waals surface area contributed by atoms with E-state index in [4.69, 9.17) is 0 Å². The molecule has 1 aromatic carbocycles. The second kappa shape index (κ2) is 6.78. The predicted molar refractivity (Wildman–Crippen MR) is 84.1 cm³/mol. The quantitative estimate of drug-likeness (QED) is 0.849. The highest BCUT2D eigenvalue weighted by atomic mass is 16.2. The van der Waals surface area contributed by atoms with Gasteiger partial charge < -0.3 is 10.6 Å². The molecular weight excluding hydrogens is 248 g/mol. The highest BCUT2D eigenvalue weighted by Crippen LogP contribution is 2.24. The summed E-state index contributed by atoms with van der Waals surface area (Å²) in [5.74, 6) is 0.721. The van der Waals surface area contributed by atoms with E-state index in [0.717, 1.165) is 36.4 Å². The van der Waals surface area contributed by atoms with Gasteiger partial charge in [-0.05, 0) is 43.2 Å². The fourth-order valence-corrected chi connectivity index (χ4v) is 3.10. The molecule has 0 aromatic heterocycles. The molecule has 2 atom stereocenters. The summed E-state index contributed by atoms with van der Waals surface area (Å²) < 4.78 is 0. The lowest BCUT2D eigenvalue weighted by molar-refractivity contribution is 0.238. The average Bonchev–Trinajstić information content (AvgIpc) is 2.41. The lowest BCUT2D eigenvalue weighted by Gasteiger charge is -2.27. The van der Waals surface area contributed by atoms with Gasteiger partial charge >= 0.3 is 6.03 Å². The number of amides is 2. The van der Waals surface area contributed by atoms with E-state index in [-0.39, 0.29) is 6.03 Å². The van der Waals surface area contributed by atoms with Gasteiger partial charge in [0.25, 0.3) is 0 Å². The molecule has 110 valence electrons. The Morgan fingerprint density at radius 1 is 1.35 bits per heavy atom. The Kier molecular flexibility index (Phi) is 5.05. The van der Waals surface area contributed by atoms with Crippen LogP contribution in [0.15, 0.2) is 18.2 Å². The number of urea groups is 1. The van der Waals surface area contributed by atoms with Crippen LogP contribution in [0.25, 0.3) is 0 Å². The fraction of sp³-hybridized carbons (Fsp3) is 0.588. The number of carbonyl (C=O) groups excluding carboxylic acids is 1. The summed E-state index contributed by atoms with van der Waals surface area (Å²) in [5.41, 5.74) is 3.28. The zero-order chi connectivity index (χ0) is 14.5. The number of para-hydroxylation sites is 1. The van der Waals surface area contributed by atoms with Crippen molar-refractivity contribution in [2.75, 3.05) is 5.32 Å². The van der Waals surface area contributed by atoms with E-state index >= 15 is 0 Å². The molecule has 2 rings (SSSR count). The van der Waals surface area contributed by atoms with Crippen LogP contribution in [0.4, 0.5) is 10.5 Å². The number of hydrogen-bond acceptors (Lipinski definition) is 1. The normalized spacial score (nSPS) is 22.4. The number of nitrogens with one attached hydrogen (secondary N) is 2. The Bertz CT molecular complexity index is 470. The predicted octanol–water partition coefficient (Wildman–Crippen LogP) is 4.26. The van der Waals surface area contributed by atoms with Crippen LogP contribution >= 0.6 is 0 Å². The van der Waals surface area contributed by atoms with Crippen molar-refractivity contribution >= 4 is 11.7 Å². The monoisotopic (exact) mass is 274 g/mol. The van der Waals surface area contributed by atoms with Gasteiger partial charge in [0.05, 0.1) is 0 Å². The molecule has 0 radical (unpaired) electrons.